The van der Waals surface area contributed by atoms with Gasteiger partial charge in [-0.15, -0.1) is 12.4 Å². The van der Waals surface area contributed by atoms with E-state index in [0.29, 0.717) is 19.1 Å². The second-order valence-electron chi connectivity index (χ2n) is 6.34. The summed E-state index contributed by atoms with van der Waals surface area (Å²) in [6.07, 6.45) is 5.05. The third kappa shape index (κ3) is 5.31. The van der Waals surface area contributed by atoms with E-state index in [2.05, 4.69) is 4.90 Å². The first-order valence-electron chi connectivity index (χ1n) is 8.55. The van der Waals surface area contributed by atoms with Crippen molar-refractivity contribution in [1.82, 2.24) is 4.90 Å². The van der Waals surface area contributed by atoms with Crippen LogP contribution in [0.15, 0.2) is 0 Å². The molecule has 3 N–H and O–H groups in total. The third-order valence-electron chi connectivity index (χ3n) is 4.84. The minimum Gasteiger partial charge on any atom is -0.480 e. The molecule has 7 nitrogen and oxygen atoms in total. The van der Waals surface area contributed by atoms with Crippen LogP contribution >= 0.6 is 12.4 Å². The second kappa shape index (κ2) is 10.2. The van der Waals surface area contributed by atoms with Crippen LogP contribution in [-0.2, 0) is 19.1 Å². The van der Waals surface area contributed by atoms with Crippen LogP contribution in [0.1, 0.15) is 39.0 Å². The number of aliphatic carboxylic acids is 1. The summed E-state index contributed by atoms with van der Waals surface area (Å²) in [6, 6.07) is -0.750. The Kier molecular flexibility index (Phi) is 8.97. The van der Waals surface area contributed by atoms with Crippen LogP contribution in [-0.4, -0.2) is 66.4 Å². The van der Waals surface area contributed by atoms with Crippen LogP contribution in [0.4, 0.5) is 0 Å². The van der Waals surface area contributed by atoms with Gasteiger partial charge in [0, 0.05) is 6.61 Å². The lowest BCUT2D eigenvalue weighted by atomic mass is 10.00. The number of nitrogens with zero attached hydrogens (tertiary/aromatic N) is 1. The van der Waals surface area contributed by atoms with E-state index >= 15 is 0 Å². The molecule has 140 valence electrons. The fourth-order valence-corrected chi connectivity index (χ4v) is 3.61. The monoisotopic (exact) mass is 364 g/mol. The summed E-state index contributed by atoms with van der Waals surface area (Å²) in [5.41, 5.74) is 5.68. The van der Waals surface area contributed by atoms with Crippen molar-refractivity contribution in [3.8, 4) is 0 Å². The lowest BCUT2D eigenvalue weighted by Crippen LogP contribution is -2.45. The van der Waals surface area contributed by atoms with Gasteiger partial charge in [-0.1, -0.05) is 0 Å². The number of ether oxygens (including phenoxy) is 2. The normalized spacial score (nSPS) is 32.1. The van der Waals surface area contributed by atoms with Gasteiger partial charge in [0.1, 0.15) is 12.1 Å². The average Bonchev–Trinajstić information content (AvgIpc) is 3.16. The fourth-order valence-electron chi connectivity index (χ4n) is 3.61. The number of fused-ring (bicyclic) bond motifs is 2. The molecule has 3 heterocycles. The largest absolute Gasteiger partial charge is 0.480 e. The number of esters is 1. The lowest BCUT2D eigenvalue weighted by Gasteiger charge is -2.26. The van der Waals surface area contributed by atoms with E-state index in [0.717, 1.165) is 45.2 Å². The number of hydrogen-bond donors (Lipinski definition) is 2. The Balaban J connectivity index is 0.000000236. The predicted molar refractivity (Wildman–Crippen MR) is 91.2 cm³/mol. The molecule has 0 aromatic heterocycles. The van der Waals surface area contributed by atoms with Gasteiger partial charge in [0.25, 0.3) is 0 Å². The number of nitrogens with two attached hydrogens (primary N) is 1. The van der Waals surface area contributed by atoms with Crippen LogP contribution in [0.2, 0.25) is 0 Å². The van der Waals surface area contributed by atoms with Crippen LogP contribution < -0.4 is 5.73 Å². The number of halogens is 1. The Hall–Kier alpha value is -0.890. The zero-order valence-electron chi connectivity index (χ0n) is 14.2. The maximum Gasteiger partial charge on any atom is 0.325 e. The molecule has 24 heavy (non-hydrogen) atoms. The van der Waals surface area contributed by atoms with E-state index in [1.807, 2.05) is 0 Å². The highest BCUT2D eigenvalue weighted by Crippen LogP contribution is 2.34. The van der Waals surface area contributed by atoms with Gasteiger partial charge in [0.2, 0.25) is 0 Å². The van der Waals surface area contributed by atoms with E-state index in [-0.39, 0.29) is 30.5 Å². The Morgan fingerprint density at radius 3 is 2.33 bits per heavy atom. The molecule has 2 bridgehead atoms. The number of carbonyl (C=O) groups is 2. The van der Waals surface area contributed by atoms with Crippen molar-refractivity contribution in [1.29, 1.82) is 0 Å². The third-order valence-corrected chi connectivity index (χ3v) is 4.84. The summed E-state index contributed by atoms with van der Waals surface area (Å²) in [5, 5.41) is 8.75. The summed E-state index contributed by atoms with van der Waals surface area (Å²) >= 11 is 0. The number of rotatable bonds is 4. The first kappa shape index (κ1) is 21.2. The molecule has 8 heteroatoms. The number of carbonyl (C=O) groups excluding carboxylic acids is 1. The summed E-state index contributed by atoms with van der Waals surface area (Å²) in [4.78, 5) is 23.9. The van der Waals surface area contributed by atoms with Gasteiger partial charge >= 0.3 is 11.9 Å². The smallest absolute Gasteiger partial charge is 0.325 e. The molecular formula is C16H29ClN2O5. The van der Waals surface area contributed by atoms with Crippen LogP contribution in [0, 0.1) is 5.92 Å². The highest BCUT2D eigenvalue weighted by molar-refractivity contribution is 5.85. The molecule has 0 radical (unpaired) electrons. The summed E-state index contributed by atoms with van der Waals surface area (Å²) < 4.78 is 10.2. The van der Waals surface area contributed by atoms with E-state index < -0.39 is 12.0 Å². The standard InChI is InChI=1S/C9H17NO3.C7H11NO2.ClH/c1-2-12-9(11)8(10)7-5-3-4-6-13-7;9-7(10)6-5-1-3-8(6)4-2-5;/h7-8H,2-6,10H2,1H3;5-6H,1-4H2,(H,9,10);1H. The SMILES string of the molecule is CCOC(=O)C(N)C1CCCCO1.Cl.O=C(O)C1C2CCN1CC2. The predicted octanol–water partition coefficient (Wildman–Crippen LogP) is 1.03. The van der Waals surface area contributed by atoms with E-state index in [1.54, 1.807) is 6.92 Å². The Morgan fingerprint density at radius 1 is 1.29 bits per heavy atom. The highest BCUT2D eigenvalue weighted by atomic mass is 35.5. The average molecular weight is 365 g/mol. The minimum absolute atomic E-state index is 0. The molecule has 0 aromatic rings. The maximum atomic E-state index is 11.2. The molecule has 0 aliphatic carbocycles. The molecule has 0 spiro atoms. The van der Waals surface area contributed by atoms with E-state index in [1.165, 1.54) is 0 Å². The number of piperidine rings is 1. The van der Waals surface area contributed by atoms with Crippen molar-refractivity contribution >= 4 is 24.3 Å². The quantitative estimate of drug-likeness (QED) is 0.718. The van der Waals surface area contributed by atoms with Gasteiger partial charge in [0.05, 0.1) is 12.7 Å². The van der Waals surface area contributed by atoms with Crippen LogP contribution in [0.25, 0.3) is 0 Å². The molecule has 0 amide bonds. The highest BCUT2D eigenvalue weighted by Gasteiger charge is 2.43. The number of carboxylic acids is 1. The minimum atomic E-state index is -0.625. The van der Waals surface area contributed by atoms with Gasteiger partial charge in [-0.05, 0) is 58.0 Å². The molecule has 0 aromatic carbocycles. The summed E-state index contributed by atoms with van der Waals surface area (Å²) in [5.74, 6) is -0.521. The molecule has 3 saturated heterocycles. The van der Waals surface area contributed by atoms with E-state index in [9.17, 15) is 9.59 Å². The van der Waals surface area contributed by atoms with Crippen LogP contribution in [0.5, 0.6) is 0 Å². The van der Waals surface area contributed by atoms with Crippen molar-refractivity contribution < 1.29 is 24.2 Å². The van der Waals surface area contributed by atoms with Gasteiger partial charge in [-0.2, -0.15) is 0 Å². The van der Waals surface area contributed by atoms with Crippen molar-refractivity contribution in [3.63, 3.8) is 0 Å². The Bertz CT molecular complexity index is 397. The molecule has 3 fully saturated rings. The molecule has 0 saturated carbocycles. The fraction of sp³-hybridized carbons (Fsp3) is 0.875. The number of hydrogen-bond acceptors (Lipinski definition) is 6. The van der Waals surface area contributed by atoms with Gasteiger partial charge in [-0.3, -0.25) is 14.5 Å². The topological polar surface area (TPSA) is 102 Å². The molecule has 3 aliphatic heterocycles. The van der Waals surface area contributed by atoms with E-state index in [4.69, 9.17) is 20.3 Å². The molecule has 3 aliphatic rings. The van der Waals surface area contributed by atoms with Crippen molar-refractivity contribution in [2.24, 2.45) is 11.7 Å². The van der Waals surface area contributed by atoms with Gasteiger partial charge in [0.15, 0.2) is 0 Å². The van der Waals surface area contributed by atoms with Crippen molar-refractivity contribution in [2.45, 2.75) is 57.2 Å². The van der Waals surface area contributed by atoms with Crippen molar-refractivity contribution in [3.05, 3.63) is 0 Å². The zero-order valence-corrected chi connectivity index (χ0v) is 15.0. The Morgan fingerprint density at radius 2 is 1.96 bits per heavy atom. The lowest BCUT2D eigenvalue weighted by molar-refractivity contribution is -0.149. The molecule has 3 rings (SSSR count). The van der Waals surface area contributed by atoms with Crippen molar-refractivity contribution in [2.75, 3.05) is 26.3 Å². The van der Waals surface area contributed by atoms with Crippen LogP contribution in [0.3, 0.4) is 0 Å². The maximum absolute atomic E-state index is 11.2. The zero-order chi connectivity index (χ0) is 16.8. The summed E-state index contributed by atoms with van der Waals surface area (Å²) in [6.45, 7) is 4.85. The molecule has 3 unspecified atom stereocenters. The van der Waals surface area contributed by atoms with Gasteiger partial charge in [-0.25, -0.2) is 0 Å². The first-order valence-corrected chi connectivity index (χ1v) is 8.55. The first-order chi connectivity index (χ1) is 11.0. The van der Waals surface area contributed by atoms with Gasteiger partial charge < -0.3 is 20.3 Å². The Labute approximate surface area is 149 Å². The molecule has 3 atom stereocenters. The second-order valence-corrected chi connectivity index (χ2v) is 6.34. The summed E-state index contributed by atoms with van der Waals surface area (Å²) in [7, 11) is 0. The number of carboxylic acid groups (broad SMARTS) is 1. The molecular weight excluding hydrogens is 336 g/mol.